The Kier molecular flexibility index (Phi) is 1.96. The van der Waals surface area contributed by atoms with Gasteiger partial charge in [-0.15, -0.1) is 11.6 Å². The van der Waals surface area contributed by atoms with Crippen LogP contribution in [0.3, 0.4) is 0 Å². The smallest absolute Gasteiger partial charge is 0.310 e. The molecule has 0 N–H and O–H groups in total. The zero-order valence-electron chi connectivity index (χ0n) is 5.26. The van der Waals surface area contributed by atoms with Crippen molar-refractivity contribution in [1.82, 2.24) is 0 Å². The molecule has 0 saturated heterocycles. The first kappa shape index (κ1) is 6.87. The number of carbonyl (C=O) groups excluding carboxylic acids is 1. The standard InChI is InChI=1S/C6H9ClO2/c1-9-6(8)4-2-3-5(4)7/h4-5H,2-3H2,1H3/t4-,5-/m1/s1. The van der Waals surface area contributed by atoms with Crippen molar-refractivity contribution in [2.75, 3.05) is 7.11 Å². The molecule has 52 valence electrons. The van der Waals surface area contributed by atoms with Gasteiger partial charge < -0.3 is 4.74 Å². The maximum Gasteiger partial charge on any atom is 0.310 e. The van der Waals surface area contributed by atoms with Gasteiger partial charge in [-0.05, 0) is 12.8 Å². The lowest BCUT2D eigenvalue weighted by Crippen LogP contribution is -2.34. The van der Waals surface area contributed by atoms with Crippen LogP contribution in [-0.2, 0) is 9.53 Å². The van der Waals surface area contributed by atoms with Crippen LogP contribution < -0.4 is 0 Å². The maximum absolute atomic E-state index is 10.7. The van der Waals surface area contributed by atoms with Crippen LogP contribution in [0.25, 0.3) is 0 Å². The van der Waals surface area contributed by atoms with Crippen molar-refractivity contribution in [3.8, 4) is 0 Å². The molecule has 0 radical (unpaired) electrons. The second-order valence-corrected chi connectivity index (χ2v) is 2.78. The van der Waals surface area contributed by atoms with Crippen LogP contribution in [0.5, 0.6) is 0 Å². The molecule has 0 aliphatic heterocycles. The summed E-state index contributed by atoms with van der Waals surface area (Å²) in [4.78, 5) is 10.7. The molecule has 3 heteroatoms. The van der Waals surface area contributed by atoms with E-state index in [-0.39, 0.29) is 17.3 Å². The molecule has 0 bridgehead atoms. The second kappa shape index (κ2) is 2.56. The highest BCUT2D eigenvalue weighted by Gasteiger charge is 2.35. The number of hydrogen-bond donors (Lipinski definition) is 0. The molecule has 1 saturated carbocycles. The zero-order valence-corrected chi connectivity index (χ0v) is 6.02. The Labute approximate surface area is 59.1 Å². The Morgan fingerprint density at radius 3 is 2.44 bits per heavy atom. The molecule has 0 aromatic rings. The molecule has 0 aromatic carbocycles. The third-order valence-electron chi connectivity index (χ3n) is 1.69. The van der Waals surface area contributed by atoms with E-state index in [1.165, 1.54) is 7.11 Å². The summed E-state index contributed by atoms with van der Waals surface area (Å²) in [6.07, 6.45) is 1.84. The van der Waals surface area contributed by atoms with Gasteiger partial charge in [0.05, 0.1) is 13.0 Å². The third kappa shape index (κ3) is 1.18. The molecule has 0 heterocycles. The fraction of sp³-hybridized carbons (Fsp3) is 0.833. The highest BCUT2D eigenvalue weighted by molar-refractivity contribution is 6.22. The van der Waals surface area contributed by atoms with Crippen LogP contribution in [0.15, 0.2) is 0 Å². The van der Waals surface area contributed by atoms with E-state index in [1.807, 2.05) is 0 Å². The quantitative estimate of drug-likeness (QED) is 0.412. The largest absolute Gasteiger partial charge is 0.469 e. The SMILES string of the molecule is COC(=O)[C@@H]1CC[C@H]1Cl. The fourth-order valence-electron chi connectivity index (χ4n) is 0.876. The van der Waals surface area contributed by atoms with Gasteiger partial charge in [-0.3, -0.25) is 4.79 Å². The molecule has 1 aliphatic carbocycles. The first-order valence-electron chi connectivity index (χ1n) is 2.97. The monoisotopic (exact) mass is 148 g/mol. The number of hydrogen-bond acceptors (Lipinski definition) is 2. The van der Waals surface area contributed by atoms with E-state index >= 15 is 0 Å². The summed E-state index contributed by atoms with van der Waals surface area (Å²) in [5.41, 5.74) is 0. The molecule has 1 fully saturated rings. The van der Waals surface area contributed by atoms with Crippen molar-refractivity contribution in [3.05, 3.63) is 0 Å². The molecule has 0 aromatic heterocycles. The minimum Gasteiger partial charge on any atom is -0.469 e. The van der Waals surface area contributed by atoms with E-state index in [0.717, 1.165) is 12.8 Å². The van der Waals surface area contributed by atoms with E-state index in [2.05, 4.69) is 4.74 Å². The number of rotatable bonds is 1. The van der Waals surface area contributed by atoms with E-state index in [0.29, 0.717) is 0 Å². The lowest BCUT2D eigenvalue weighted by Gasteiger charge is -2.28. The van der Waals surface area contributed by atoms with Crippen molar-refractivity contribution in [1.29, 1.82) is 0 Å². The molecule has 0 unspecified atom stereocenters. The van der Waals surface area contributed by atoms with Gasteiger partial charge in [0.25, 0.3) is 0 Å². The summed E-state index contributed by atoms with van der Waals surface area (Å²) in [6, 6.07) is 0. The number of esters is 1. The summed E-state index contributed by atoms with van der Waals surface area (Å²) >= 11 is 5.69. The van der Waals surface area contributed by atoms with Crippen LogP contribution in [0, 0.1) is 5.92 Å². The van der Waals surface area contributed by atoms with Gasteiger partial charge in [0.1, 0.15) is 0 Å². The zero-order chi connectivity index (χ0) is 6.85. The Morgan fingerprint density at radius 2 is 2.33 bits per heavy atom. The molecule has 0 amide bonds. The third-order valence-corrected chi connectivity index (χ3v) is 2.22. The highest BCUT2D eigenvalue weighted by atomic mass is 35.5. The van der Waals surface area contributed by atoms with E-state index in [9.17, 15) is 4.79 Å². The van der Waals surface area contributed by atoms with E-state index in [1.54, 1.807) is 0 Å². The van der Waals surface area contributed by atoms with Crippen molar-refractivity contribution < 1.29 is 9.53 Å². The predicted octanol–water partition coefficient (Wildman–Crippen LogP) is 1.18. The lowest BCUT2D eigenvalue weighted by molar-refractivity contribution is -0.147. The van der Waals surface area contributed by atoms with Crippen molar-refractivity contribution in [2.24, 2.45) is 5.92 Å². The fourth-order valence-corrected chi connectivity index (χ4v) is 1.23. The predicted molar refractivity (Wildman–Crippen MR) is 34.4 cm³/mol. The Hall–Kier alpha value is -0.240. The molecular formula is C6H9ClO2. The molecular weight excluding hydrogens is 140 g/mol. The van der Waals surface area contributed by atoms with Crippen LogP contribution in [0.1, 0.15) is 12.8 Å². The first-order valence-corrected chi connectivity index (χ1v) is 3.41. The number of methoxy groups -OCH3 is 1. The summed E-state index contributed by atoms with van der Waals surface area (Å²) in [5, 5.41) is 0.0254. The van der Waals surface area contributed by atoms with Gasteiger partial charge in [0.15, 0.2) is 0 Å². The van der Waals surface area contributed by atoms with Gasteiger partial charge in [0.2, 0.25) is 0 Å². The van der Waals surface area contributed by atoms with Crippen LogP contribution in [0.4, 0.5) is 0 Å². The minimum atomic E-state index is -0.166. The van der Waals surface area contributed by atoms with Gasteiger partial charge in [-0.2, -0.15) is 0 Å². The molecule has 1 aliphatic rings. The molecule has 2 nitrogen and oxygen atoms in total. The molecule has 2 atom stereocenters. The van der Waals surface area contributed by atoms with Crippen molar-refractivity contribution in [3.63, 3.8) is 0 Å². The second-order valence-electron chi connectivity index (χ2n) is 2.22. The Balaban J connectivity index is 2.35. The normalized spacial score (nSPS) is 33.1. The molecule has 0 spiro atoms. The molecule has 9 heavy (non-hydrogen) atoms. The Bertz CT molecular complexity index is 124. The topological polar surface area (TPSA) is 26.3 Å². The summed E-state index contributed by atoms with van der Waals surface area (Å²) in [7, 11) is 1.39. The Morgan fingerprint density at radius 1 is 1.67 bits per heavy atom. The van der Waals surface area contributed by atoms with Crippen LogP contribution >= 0.6 is 11.6 Å². The summed E-state index contributed by atoms with van der Waals surface area (Å²) < 4.78 is 4.50. The van der Waals surface area contributed by atoms with Gasteiger partial charge >= 0.3 is 5.97 Å². The number of halogens is 1. The molecule has 1 rings (SSSR count). The summed E-state index contributed by atoms with van der Waals surface area (Å²) in [6.45, 7) is 0. The van der Waals surface area contributed by atoms with Gasteiger partial charge in [0, 0.05) is 5.38 Å². The minimum absolute atomic E-state index is 0.0254. The average Bonchev–Trinajstić information content (AvgIpc) is 1.84. The number of carbonyl (C=O) groups is 1. The van der Waals surface area contributed by atoms with Crippen LogP contribution in [0.2, 0.25) is 0 Å². The van der Waals surface area contributed by atoms with Gasteiger partial charge in [-0.1, -0.05) is 0 Å². The lowest BCUT2D eigenvalue weighted by atomic mass is 9.85. The van der Waals surface area contributed by atoms with Crippen molar-refractivity contribution >= 4 is 17.6 Å². The van der Waals surface area contributed by atoms with Crippen molar-refractivity contribution in [2.45, 2.75) is 18.2 Å². The maximum atomic E-state index is 10.7. The summed E-state index contributed by atoms with van der Waals surface area (Å²) in [5.74, 6) is -0.196. The van der Waals surface area contributed by atoms with Gasteiger partial charge in [-0.25, -0.2) is 0 Å². The first-order chi connectivity index (χ1) is 4.25. The van der Waals surface area contributed by atoms with E-state index in [4.69, 9.17) is 11.6 Å². The number of alkyl halides is 1. The van der Waals surface area contributed by atoms with Crippen LogP contribution in [-0.4, -0.2) is 18.5 Å². The van der Waals surface area contributed by atoms with E-state index < -0.39 is 0 Å². The highest BCUT2D eigenvalue weighted by Crippen LogP contribution is 2.32. The number of ether oxygens (including phenoxy) is 1. The average molecular weight is 149 g/mol.